The predicted molar refractivity (Wildman–Crippen MR) is 121 cm³/mol. The molecule has 6 heteroatoms. The van der Waals surface area contributed by atoms with E-state index in [2.05, 4.69) is 15.3 Å². The van der Waals surface area contributed by atoms with Gasteiger partial charge in [-0.1, -0.05) is 42.5 Å². The molecular formula is C25H24N4O2. The summed E-state index contributed by atoms with van der Waals surface area (Å²) in [6.45, 7) is 0. The maximum absolute atomic E-state index is 5.34. The Labute approximate surface area is 181 Å². The zero-order valence-electron chi connectivity index (χ0n) is 17.6. The van der Waals surface area contributed by atoms with Crippen LogP contribution in [0.4, 0.5) is 11.6 Å². The summed E-state index contributed by atoms with van der Waals surface area (Å²) in [5.41, 5.74) is 3.07. The molecule has 0 spiro atoms. The summed E-state index contributed by atoms with van der Waals surface area (Å²) in [7, 11) is 3.33. The molecule has 0 aliphatic rings. The van der Waals surface area contributed by atoms with E-state index in [1.54, 1.807) is 14.2 Å². The number of nitrogens with one attached hydrogen (secondary N) is 1. The lowest BCUT2D eigenvalue weighted by Crippen LogP contribution is -2.09. The molecule has 0 saturated carbocycles. The molecule has 0 bridgehead atoms. The van der Waals surface area contributed by atoms with Crippen LogP contribution in [0.3, 0.4) is 0 Å². The first kappa shape index (κ1) is 20.3. The van der Waals surface area contributed by atoms with Crippen LogP contribution in [0.2, 0.25) is 0 Å². The average Bonchev–Trinajstić information content (AvgIpc) is 2.80. The van der Waals surface area contributed by atoms with E-state index in [0.717, 1.165) is 28.3 Å². The van der Waals surface area contributed by atoms with Gasteiger partial charge in [-0.2, -0.15) is 9.97 Å². The largest absolute Gasteiger partial charge is 0.497 e. The van der Waals surface area contributed by atoms with E-state index in [4.69, 9.17) is 14.5 Å². The molecule has 0 aliphatic carbocycles. The molecule has 4 aromatic rings. The van der Waals surface area contributed by atoms with Gasteiger partial charge in [0.2, 0.25) is 5.95 Å². The van der Waals surface area contributed by atoms with Crippen LogP contribution in [0.5, 0.6) is 11.5 Å². The Bertz CT molecular complexity index is 1080. The van der Waals surface area contributed by atoms with E-state index in [0.29, 0.717) is 30.4 Å². The van der Waals surface area contributed by atoms with Gasteiger partial charge in [-0.25, -0.2) is 4.98 Å². The Kier molecular flexibility index (Phi) is 6.38. The van der Waals surface area contributed by atoms with Crippen LogP contribution < -0.4 is 14.8 Å². The molecule has 31 heavy (non-hydrogen) atoms. The molecule has 1 N–H and O–H groups in total. The maximum Gasteiger partial charge on any atom is 0.230 e. The Balaban J connectivity index is 1.65. The first-order valence-corrected chi connectivity index (χ1v) is 10.0. The molecule has 0 saturated heterocycles. The number of ether oxygens (including phenoxy) is 2. The molecule has 0 unspecified atom stereocenters. The Morgan fingerprint density at radius 1 is 0.645 bits per heavy atom. The molecule has 0 amide bonds. The number of hydrogen-bond acceptors (Lipinski definition) is 6. The number of benzene rings is 3. The van der Waals surface area contributed by atoms with Crippen molar-refractivity contribution in [1.82, 2.24) is 15.0 Å². The molecule has 156 valence electrons. The normalized spacial score (nSPS) is 10.5. The van der Waals surface area contributed by atoms with Crippen molar-refractivity contribution in [3.8, 4) is 11.5 Å². The first-order chi connectivity index (χ1) is 15.2. The fraction of sp³-hybridized carbons (Fsp3) is 0.160. The van der Waals surface area contributed by atoms with Crippen molar-refractivity contribution in [3.63, 3.8) is 0 Å². The Morgan fingerprint density at radius 3 is 1.71 bits per heavy atom. The standard InChI is InChI=1S/C25H24N4O2/c1-30-21-12-6-8-18(14-21)16-23-27-24(17-19-9-7-13-22(15-19)31-2)29-25(28-23)26-20-10-4-3-5-11-20/h3-15H,16-17H2,1-2H3,(H,26,27,28,29). The van der Waals surface area contributed by atoms with E-state index in [1.807, 2.05) is 78.9 Å². The zero-order chi connectivity index (χ0) is 21.5. The molecule has 0 aliphatic heterocycles. The summed E-state index contributed by atoms with van der Waals surface area (Å²) in [4.78, 5) is 14.0. The SMILES string of the molecule is COc1cccc(Cc2nc(Cc3cccc(OC)c3)nc(Nc3ccccc3)n2)c1. The average molecular weight is 412 g/mol. The lowest BCUT2D eigenvalue weighted by Gasteiger charge is -2.10. The van der Waals surface area contributed by atoms with Gasteiger partial charge in [-0.05, 0) is 47.5 Å². The van der Waals surface area contributed by atoms with Gasteiger partial charge in [0.25, 0.3) is 0 Å². The van der Waals surface area contributed by atoms with E-state index < -0.39 is 0 Å². The molecular weight excluding hydrogens is 388 g/mol. The highest BCUT2D eigenvalue weighted by molar-refractivity contribution is 5.52. The highest BCUT2D eigenvalue weighted by Gasteiger charge is 2.10. The summed E-state index contributed by atoms with van der Waals surface area (Å²) >= 11 is 0. The number of nitrogens with zero attached hydrogens (tertiary/aromatic N) is 3. The van der Waals surface area contributed by atoms with Crippen LogP contribution in [0, 0.1) is 0 Å². The minimum Gasteiger partial charge on any atom is -0.497 e. The van der Waals surface area contributed by atoms with Gasteiger partial charge in [0.15, 0.2) is 0 Å². The van der Waals surface area contributed by atoms with Gasteiger partial charge in [-0.15, -0.1) is 0 Å². The van der Waals surface area contributed by atoms with E-state index >= 15 is 0 Å². The molecule has 0 radical (unpaired) electrons. The van der Waals surface area contributed by atoms with Gasteiger partial charge >= 0.3 is 0 Å². The zero-order valence-corrected chi connectivity index (χ0v) is 17.6. The van der Waals surface area contributed by atoms with E-state index in [9.17, 15) is 0 Å². The van der Waals surface area contributed by atoms with Crippen LogP contribution in [0.25, 0.3) is 0 Å². The van der Waals surface area contributed by atoms with Crippen LogP contribution in [-0.2, 0) is 12.8 Å². The Morgan fingerprint density at radius 2 is 1.19 bits per heavy atom. The minimum absolute atomic E-state index is 0.525. The third-order valence-electron chi connectivity index (χ3n) is 4.75. The van der Waals surface area contributed by atoms with Crippen molar-refractivity contribution in [3.05, 3.63) is 102 Å². The molecule has 1 aromatic heterocycles. The number of aromatic nitrogens is 3. The summed E-state index contributed by atoms with van der Waals surface area (Å²) in [5.74, 6) is 3.53. The van der Waals surface area contributed by atoms with Crippen LogP contribution in [0.15, 0.2) is 78.9 Å². The van der Waals surface area contributed by atoms with Gasteiger partial charge < -0.3 is 14.8 Å². The van der Waals surface area contributed by atoms with Gasteiger partial charge in [0.05, 0.1) is 14.2 Å². The number of para-hydroxylation sites is 1. The quantitative estimate of drug-likeness (QED) is 0.448. The summed E-state index contributed by atoms with van der Waals surface area (Å²) in [6.07, 6.45) is 1.16. The fourth-order valence-corrected chi connectivity index (χ4v) is 3.26. The van der Waals surface area contributed by atoms with Crippen LogP contribution >= 0.6 is 0 Å². The number of methoxy groups -OCH3 is 2. The van der Waals surface area contributed by atoms with Crippen molar-refractivity contribution in [2.75, 3.05) is 19.5 Å². The maximum atomic E-state index is 5.34. The summed E-state index contributed by atoms with van der Waals surface area (Å²) in [6, 6.07) is 25.7. The van der Waals surface area contributed by atoms with Gasteiger partial charge in [0.1, 0.15) is 23.1 Å². The second kappa shape index (κ2) is 9.71. The van der Waals surface area contributed by atoms with Gasteiger partial charge in [-0.3, -0.25) is 0 Å². The smallest absolute Gasteiger partial charge is 0.230 e. The van der Waals surface area contributed by atoms with Crippen molar-refractivity contribution >= 4 is 11.6 Å². The van der Waals surface area contributed by atoms with Crippen molar-refractivity contribution < 1.29 is 9.47 Å². The number of rotatable bonds is 8. The van der Waals surface area contributed by atoms with Crippen LogP contribution in [-0.4, -0.2) is 29.2 Å². The third-order valence-corrected chi connectivity index (χ3v) is 4.75. The highest BCUT2D eigenvalue weighted by Crippen LogP contribution is 2.19. The topological polar surface area (TPSA) is 69.2 Å². The molecule has 6 nitrogen and oxygen atoms in total. The monoisotopic (exact) mass is 412 g/mol. The highest BCUT2D eigenvalue weighted by atomic mass is 16.5. The molecule has 0 atom stereocenters. The van der Waals surface area contributed by atoms with Crippen molar-refractivity contribution in [1.29, 1.82) is 0 Å². The molecule has 0 fully saturated rings. The third kappa shape index (κ3) is 5.57. The predicted octanol–water partition coefficient (Wildman–Crippen LogP) is 4.81. The summed E-state index contributed by atoms with van der Waals surface area (Å²) < 4.78 is 10.7. The lowest BCUT2D eigenvalue weighted by molar-refractivity contribution is 0.414. The van der Waals surface area contributed by atoms with Gasteiger partial charge in [0, 0.05) is 18.5 Å². The minimum atomic E-state index is 0.525. The number of anilines is 2. The van der Waals surface area contributed by atoms with E-state index in [-0.39, 0.29) is 0 Å². The number of hydrogen-bond donors (Lipinski definition) is 1. The summed E-state index contributed by atoms with van der Waals surface area (Å²) in [5, 5.41) is 3.29. The van der Waals surface area contributed by atoms with Crippen molar-refractivity contribution in [2.45, 2.75) is 12.8 Å². The second-order valence-electron chi connectivity index (χ2n) is 7.04. The second-order valence-corrected chi connectivity index (χ2v) is 7.04. The van der Waals surface area contributed by atoms with Crippen LogP contribution in [0.1, 0.15) is 22.8 Å². The molecule has 4 rings (SSSR count). The molecule has 1 heterocycles. The lowest BCUT2D eigenvalue weighted by atomic mass is 10.1. The Hall–Kier alpha value is -3.93. The first-order valence-electron chi connectivity index (χ1n) is 10.0. The van der Waals surface area contributed by atoms with E-state index in [1.165, 1.54) is 0 Å². The fourth-order valence-electron chi connectivity index (χ4n) is 3.26. The van der Waals surface area contributed by atoms with Crippen molar-refractivity contribution in [2.24, 2.45) is 0 Å². The molecule has 3 aromatic carbocycles.